The van der Waals surface area contributed by atoms with Gasteiger partial charge in [-0.3, -0.25) is 19.3 Å². The highest BCUT2D eigenvalue weighted by Gasteiger charge is 2.32. The van der Waals surface area contributed by atoms with Crippen LogP contribution in [0.25, 0.3) is 0 Å². The quantitative estimate of drug-likeness (QED) is 0.749. The SMILES string of the molecule is CC(N)C1CCCCN1C(=O)CCN1C(=O)CCC1=O. The second kappa shape index (κ2) is 6.35. The van der Waals surface area contributed by atoms with Crippen LogP contribution in [0.2, 0.25) is 0 Å². The molecule has 2 aliphatic heterocycles. The molecule has 0 radical (unpaired) electrons. The van der Waals surface area contributed by atoms with Crippen LogP contribution in [0, 0.1) is 0 Å². The topological polar surface area (TPSA) is 83.7 Å². The molecule has 2 N–H and O–H groups in total. The number of rotatable bonds is 4. The molecule has 0 spiro atoms. The van der Waals surface area contributed by atoms with Crippen molar-refractivity contribution in [3.05, 3.63) is 0 Å². The third-order valence-corrected chi connectivity index (χ3v) is 4.18. The third kappa shape index (κ3) is 3.17. The molecule has 112 valence electrons. The van der Waals surface area contributed by atoms with Crippen LogP contribution in [0.1, 0.15) is 45.4 Å². The molecule has 2 aliphatic rings. The zero-order chi connectivity index (χ0) is 14.7. The maximum atomic E-state index is 12.3. The number of carbonyl (C=O) groups is 3. The van der Waals surface area contributed by atoms with Gasteiger partial charge in [0.15, 0.2) is 0 Å². The Hall–Kier alpha value is -1.43. The Labute approximate surface area is 119 Å². The Morgan fingerprint density at radius 1 is 1.30 bits per heavy atom. The van der Waals surface area contributed by atoms with Crippen molar-refractivity contribution in [3.8, 4) is 0 Å². The van der Waals surface area contributed by atoms with Crippen LogP contribution in [0.3, 0.4) is 0 Å². The Bertz CT molecular complexity index is 392. The van der Waals surface area contributed by atoms with E-state index in [1.807, 2.05) is 11.8 Å². The van der Waals surface area contributed by atoms with E-state index in [4.69, 9.17) is 5.73 Å². The summed E-state index contributed by atoms with van der Waals surface area (Å²) in [5, 5.41) is 0. The number of hydrogen-bond acceptors (Lipinski definition) is 4. The van der Waals surface area contributed by atoms with Gasteiger partial charge in [0.2, 0.25) is 17.7 Å². The summed E-state index contributed by atoms with van der Waals surface area (Å²) in [6, 6.07) is 0.0375. The van der Waals surface area contributed by atoms with Crippen molar-refractivity contribution in [1.82, 2.24) is 9.80 Å². The predicted molar refractivity (Wildman–Crippen MR) is 73.6 cm³/mol. The van der Waals surface area contributed by atoms with Crippen molar-refractivity contribution in [2.75, 3.05) is 13.1 Å². The van der Waals surface area contributed by atoms with Crippen LogP contribution < -0.4 is 5.73 Å². The highest BCUT2D eigenvalue weighted by atomic mass is 16.2. The molecule has 2 unspecified atom stereocenters. The smallest absolute Gasteiger partial charge is 0.229 e. The Kier molecular flexibility index (Phi) is 4.75. The summed E-state index contributed by atoms with van der Waals surface area (Å²) in [7, 11) is 0. The second-order valence-corrected chi connectivity index (χ2v) is 5.70. The maximum absolute atomic E-state index is 12.3. The van der Waals surface area contributed by atoms with Gasteiger partial charge in [-0.05, 0) is 26.2 Å². The molecule has 2 rings (SSSR count). The molecule has 0 aromatic heterocycles. The van der Waals surface area contributed by atoms with Gasteiger partial charge in [0.1, 0.15) is 0 Å². The van der Waals surface area contributed by atoms with E-state index in [2.05, 4.69) is 0 Å². The van der Waals surface area contributed by atoms with E-state index >= 15 is 0 Å². The number of nitrogens with two attached hydrogens (primary N) is 1. The number of carbonyl (C=O) groups excluding carboxylic acids is 3. The summed E-state index contributed by atoms with van der Waals surface area (Å²) >= 11 is 0. The highest BCUT2D eigenvalue weighted by molar-refractivity contribution is 6.02. The van der Waals surface area contributed by atoms with Gasteiger partial charge in [-0.15, -0.1) is 0 Å². The number of nitrogens with zero attached hydrogens (tertiary/aromatic N) is 2. The van der Waals surface area contributed by atoms with Gasteiger partial charge >= 0.3 is 0 Å². The van der Waals surface area contributed by atoms with Crippen molar-refractivity contribution >= 4 is 17.7 Å². The molecule has 2 fully saturated rings. The first-order valence-electron chi connectivity index (χ1n) is 7.39. The minimum atomic E-state index is -0.162. The fourth-order valence-corrected chi connectivity index (χ4v) is 3.04. The summed E-state index contributed by atoms with van der Waals surface area (Å²) in [6.45, 7) is 2.86. The van der Waals surface area contributed by atoms with Crippen molar-refractivity contribution in [3.63, 3.8) is 0 Å². The number of likely N-dealkylation sites (tertiary alicyclic amines) is 2. The zero-order valence-corrected chi connectivity index (χ0v) is 12.0. The van der Waals surface area contributed by atoms with Gasteiger partial charge < -0.3 is 10.6 Å². The van der Waals surface area contributed by atoms with E-state index in [0.717, 1.165) is 25.8 Å². The van der Waals surface area contributed by atoms with E-state index in [-0.39, 0.29) is 55.6 Å². The van der Waals surface area contributed by atoms with Crippen LogP contribution in [0.15, 0.2) is 0 Å². The van der Waals surface area contributed by atoms with Crippen molar-refractivity contribution in [1.29, 1.82) is 0 Å². The molecule has 0 aromatic carbocycles. The Morgan fingerprint density at radius 2 is 1.95 bits per heavy atom. The Morgan fingerprint density at radius 3 is 2.55 bits per heavy atom. The predicted octanol–water partition coefficient (Wildman–Crippen LogP) is 0.254. The van der Waals surface area contributed by atoms with Gasteiger partial charge in [0.05, 0.1) is 0 Å². The molecule has 6 nitrogen and oxygen atoms in total. The van der Waals surface area contributed by atoms with Crippen molar-refractivity contribution in [2.45, 2.75) is 57.5 Å². The second-order valence-electron chi connectivity index (χ2n) is 5.70. The molecular weight excluding hydrogens is 258 g/mol. The minimum absolute atomic E-state index is 0.000463. The average Bonchev–Trinajstić information content (AvgIpc) is 2.75. The van der Waals surface area contributed by atoms with E-state index in [0.29, 0.717) is 0 Å². The first-order chi connectivity index (χ1) is 9.50. The van der Waals surface area contributed by atoms with Crippen LogP contribution in [-0.2, 0) is 14.4 Å². The van der Waals surface area contributed by atoms with E-state index in [1.165, 1.54) is 4.90 Å². The molecule has 20 heavy (non-hydrogen) atoms. The van der Waals surface area contributed by atoms with Crippen molar-refractivity contribution in [2.24, 2.45) is 5.73 Å². The lowest BCUT2D eigenvalue weighted by atomic mass is 9.96. The van der Waals surface area contributed by atoms with Crippen LogP contribution in [-0.4, -0.2) is 52.7 Å². The van der Waals surface area contributed by atoms with Crippen LogP contribution in [0.5, 0.6) is 0 Å². The fraction of sp³-hybridized carbons (Fsp3) is 0.786. The number of amides is 3. The molecule has 0 aromatic rings. The first kappa shape index (κ1) is 15.0. The molecule has 2 atom stereocenters. The number of imide groups is 1. The standard InChI is InChI=1S/C14H23N3O3/c1-10(15)11-4-2-3-8-16(11)14(20)7-9-17-12(18)5-6-13(17)19/h10-11H,2-9,15H2,1H3. The van der Waals surface area contributed by atoms with E-state index in [9.17, 15) is 14.4 Å². The van der Waals surface area contributed by atoms with Crippen LogP contribution >= 0.6 is 0 Å². The summed E-state index contributed by atoms with van der Waals surface area (Å²) in [6.07, 6.45) is 3.79. The molecule has 2 heterocycles. The van der Waals surface area contributed by atoms with Gasteiger partial charge in [-0.1, -0.05) is 0 Å². The fourth-order valence-electron chi connectivity index (χ4n) is 3.04. The lowest BCUT2D eigenvalue weighted by Gasteiger charge is -2.38. The molecule has 0 bridgehead atoms. The third-order valence-electron chi connectivity index (χ3n) is 4.18. The normalized spacial score (nSPS) is 25.2. The maximum Gasteiger partial charge on any atom is 0.229 e. The average molecular weight is 281 g/mol. The molecular formula is C14H23N3O3. The van der Waals surface area contributed by atoms with Crippen LogP contribution in [0.4, 0.5) is 0 Å². The van der Waals surface area contributed by atoms with E-state index < -0.39 is 0 Å². The summed E-state index contributed by atoms with van der Waals surface area (Å²) in [5.74, 6) is -0.324. The molecule has 0 aliphatic carbocycles. The summed E-state index contributed by atoms with van der Waals surface area (Å²) in [4.78, 5) is 38.4. The zero-order valence-electron chi connectivity index (χ0n) is 12.0. The van der Waals surface area contributed by atoms with Crippen molar-refractivity contribution < 1.29 is 14.4 Å². The molecule has 6 heteroatoms. The lowest BCUT2D eigenvalue weighted by Crippen LogP contribution is -2.52. The number of piperidine rings is 1. The lowest BCUT2D eigenvalue weighted by molar-refractivity contribution is -0.140. The first-order valence-corrected chi connectivity index (χ1v) is 7.39. The van der Waals surface area contributed by atoms with Gasteiger partial charge in [0.25, 0.3) is 0 Å². The minimum Gasteiger partial charge on any atom is -0.338 e. The molecule has 0 saturated carbocycles. The number of hydrogen-bond donors (Lipinski definition) is 1. The Balaban J connectivity index is 1.90. The van der Waals surface area contributed by atoms with Gasteiger partial charge in [-0.2, -0.15) is 0 Å². The monoisotopic (exact) mass is 281 g/mol. The largest absolute Gasteiger partial charge is 0.338 e. The summed E-state index contributed by atoms with van der Waals surface area (Å²) < 4.78 is 0. The van der Waals surface area contributed by atoms with E-state index in [1.54, 1.807) is 0 Å². The highest BCUT2D eigenvalue weighted by Crippen LogP contribution is 2.20. The van der Waals surface area contributed by atoms with Gasteiger partial charge in [0, 0.05) is 44.4 Å². The summed E-state index contributed by atoms with van der Waals surface area (Å²) in [5.41, 5.74) is 5.95. The molecule has 3 amide bonds. The molecule has 2 saturated heterocycles. The van der Waals surface area contributed by atoms with Gasteiger partial charge in [-0.25, -0.2) is 0 Å².